The standard InChI is InChI=1S/C12H17N.ClH/c1-10-2-4-11(5-3-10)12-6-8-13-9-7-12;/h2-5,12-13H,6-9H2,1H3;1H. The SMILES string of the molecule is Cc1ccc(C2CCNCC2)cc1.Cl. The number of benzene rings is 1. The maximum atomic E-state index is 3.40. The van der Waals surface area contributed by atoms with Gasteiger partial charge in [0.15, 0.2) is 0 Å². The molecule has 0 bridgehead atoms. The lowest BCUT2D eigenvalue weighted by Crippen LogP contribution is -2.26. The van der Waals surface area contributed by atoms with Crippen LogP contribution in [0.15, 0.2) is 24.3 Å². The Morgan fingerprint density at radius 2 is 1.64 bits per heavy atom. The minimum absolute atomic E-state index is 0. The van der Waals surface area contributed by atoms with Crippen LogP contribution in [0.4, 0.5) is 0 Å². The molecule has 1 aromatic carbocycles. The van der Waals surface area contributed by atoms with E-state index in [9.17, 15) is 0 Å². The van der Waals surface area contributed by atoms with Crippen molar-refractivity contribution in [2.45, 2.75) is 25.7 Å². The van der Waals surface area contributed by atoms with Crippen LogP contribution in [0.5, 0.6) is 0 Å². The van der Waals surface area contributed by atoms with Gasteiger partial charge in [-0.25, -0.2) is 0 Å². The molecular formula is C12H18ClN. The maximum Gasteiger partial charge on any atom is -0.00431 e. The van der Waals surface area contributed by atoms with Crippen LogP contribution in [-0.2, 0) is 0 Å². The van der Waals surface area contributed by atoms with Crippen LogP contribution in [0.3, 0.4) is 0 Å². The van der Waals surface area contributed by atoms with Gasteiger partial charge in [0, 0.05) is 0 Å². The normalized spacial score (nSPS) is 17.5. The average Bonchev–Trinajstić information content (AvgIpc) is 2.20. The summed E-state index contributed by atoms with van der Waals surface area (Å²) in [4.78, 5) is 0. The molecule has 1 aliphatic rings. The molecule has 0 aliphatic carbocycles. The first-order valence-electron chi connectivity index (χ1n) is 5.13. The van der Waals surface area contributed by atoms with Crippen molar-refractivity contribution >= 4 is 12.4 Å². The zero-order valence-electron chi connectivity index (χ0n) is 8.62. The molecule has 78 valence electrons. The smallest absolute Gasteiger partial charge is 0.00431 e. The molecule has 0 radical (unpaired) electrons. The lowest BCUT2D eigenvalue weighted by Gasteiger charge is -2.22. The van der Waals surface area contributed by atoms with Crippen molar-refractivity contribution in [3.05, 3.63) is 35.4 Å². The fraction of sp³-hybridized carbons (Fsp3) is 0.500. The Balaban J connectivity index is 0.000000980. The molecule has 1 saturated heterocycles. The van der Waals surface area contributed by atoms with Gasteiger partial charge in [0.2, 0.25) is 0 Å². The van der Waals surface area contributed by atoms with Crippen LogP contribution in [0, 0.1) is 6.92 Å². The van der Waals surface area contributed by atoms with E-state index in [1.807, 2.05) is 0 Å². The number of nitrogens with one attached hydrogen (secondary N) is 1. The van der Waals surface area contributed by atoms with Gasteiger partial charge >= 0.3 is 0 Å². The maximum absolute atomic E-state index is 3.40. The van der Waals surface area contributed by atoms with Gasteiger partial charge in [-0.2, -0.15) is 0 Å². The molecule has 0 atom stereocenters. The molecule has 0 aromatic heterocycles. The van der Waals surface area contributed by atoms with Gasteiger partial charge in [-0.3, -0.25) is 0 Å². The van der Waals surface area contributed by atoms with E-state index in [1.165, 1.54) is 37.1 Å². The van der Waals surface area contributed by atoms with Crippen molar-refractivity contribution in [2.24, 2.45) is 0 Å². The zero-order chi connectivity index (χ0) is 9.10. The van der Waals surface area contributed by atoms with Crippen molar-refractivity contribution < 1.29 is 0 Å². The second kappa shape index (κ2) is 5.38. The van der Waals surface area contributed by atoms with Gasteiger partial charge < -0.3 is 5.32 Å². The number of rotatable bonds is 1. The summed E-state index contributed by atoms with van der Waals surface area (Å²) >= 11 is 0. The minimum Gasteiger partial charge on any atom is -0.317 e. The molecule has 0 amide bonds. The lowest BCUT2D eigenvalue weighted by molar-refractivity contribution is 0.460. The van der Waals surface area contributed by atoms with Crippen LogP contribution in [0.2, 0.25) is 0 Å². The topological polar surface area (TPSA) is 12.0 Å². The van der Waals surface area contributed by atoms with Gasteiger partial charge in [0.05, 0.1) is 0 Å². The summed E-state index contributed by atoms with van der Waals surface area (Å²) in [6, 6.07) is 9.01. The fourth-order valence-electron chi connectivity index (χ4n) is 1.99. The Hall–Kier alpha value is -0.530. The Kier molecular flexibility index (Phi) is 4.43. The Morgan fingerprint density at radius 1 is 1.07 bits per heavy atom. The van der Waals surface area contributed by atoms with E-state index in [0.717, 1.165) is 5.92 Å². The highest BCUT2D eigenvalue weighted by molar-refractivity contribution is 5.85. The van der Waals surface area contributed by atoms with Gasteiger partial charge in [-0.1, -0.05) is 29.8 Å². The fourth-order valence-corrected chi connectivity index (χ4v) is 1.99. The molecule has 1 heterocycles. The third-order valence-corrected chi connectivity index (χ3v) is 2.89. The highest BCUT2D eigenvalue weighted by atomic mass is 35.5. The number of aryl methyl sites for hydroxylation is 1. The summed E-state index contributed by atoms with van der Waals surface area (Å²) in [6.07, 6.45) is 2.59. The lowest BCUT2D eigenvalue weighted by atomic mass is 9.90. The van der Waals surface area contributed by atoms with Gasteiger partial charge in [0.25, 0.3) is 0 Å². The summed E-state index contributed by atoms with van der Waals surface area (Å²) in [5.74, 6) is 0.793. The second-order valence-electron chi connectivity index (χ2n) is 3.93. The number of hydrogen-bond acceptors (Lipinski definition) is 1. The van der Waals surface area contributed by atoms with Gasteiger partial charge in [0.1, 0.15) is 0 Å². The molecule has 1 aliphatic heterocycles. The Labute approximate surface area is 92.3 Å². The van der Waals surface area contributed by atoms with E-state index < -0.39 is 0 Å². The first-order valence-corrected chi connectivity index (χ1v) is 5.13. The van der Waals surface area contributed by atoms with E-state index >= 15 is 0 Å². The number of piperidine rings is 1. The van der Waals surface area contributed by atoms with E-state index in [4.69, 9.17) is 0 Å². The van der Waals surface area contributed by atoms with Crippen molar-refractivity contribution in [1.82, 2.24) is 5.32 Å². The highest BCUT2D eigenvalue weighted by Crippen LogP contribution is 2.24. The minimum atomic E-state index is 0. The molecule has 0 saturated carbocycles. The summed E-state index contributed by atoms with van der Waals surface area (Å²) < 4.78 is 0. The van der Waals surface area contributed by atoms with Crippen LogP contribution in [0.1, 0.15) is 29.9 Å². The van der Waals surface area contributed by atoms with E-state index in [1.54, 1.807) is 0 Å². The first kappa shape index (κ1) is 11.5. The van der Waals surface area contributed by atoms with E-state index in [-0.39, 0.29) is 12.4 Å². The molecule has 14 heavy (non-hydrogen) atoms. The van der Waals surface area contributed by atoms with Crippen molar-refractivity contribution in [3.63, 3.8) is 0 Å². The summed E-state index contributed by atoms with van der Waals surface area (Å²) in [5, 5.41) is 3.40. The first-order chi connectivity index (χ1) is 6.36. The summed E-state index contributed by atoms with van der Waals surface area (Å²) in [5.41, 5.74) is 2.88. The van der Waals surface area contributed by atoms with E-state index in [2.05, 4.69) is 36.5 Å². The average molecular weight is 212 g/mol. The zero-order valence-corrected chi connectivity index (χ0v) is 9.44. The van der Waals surface area contributed by atoms with Crippen LogP contribution < -0.4 is 5.32 Å². The monoisotopic (exact) mass is 211 g/mol. The van der Waals surface area contributed by atoms with Crippen molar-refractivity contribution in [1.29, 1.82) is 0 Å². The van der Waals surface area contributed by atoms with Crippen LogP contribution in [-0.4, -0.2) is 13.1 Å². The molecule has 1 nitrogen and oxygen atoms in total. The second-order valence-corrected chi connectivity index (χ2v) is 3.93. The van der Waals surface area contributed by atoms with Gasteiger partial charge in [-0.05, 0) is 44.3 Å². The van der Waals surface area contributed by atoms with Crippen molar-refractivity contribution in [2.75, 3.05) is 13.1 Å². The molecule has 0 spiro atoms. The molecular weight excluding hydrogens is 194 g/mol. The predicted molar refractivity (Wildman–Crippen MR) is 63.3 cm³/mol. The van der Waals surface area contributed by atoms with Crippen molar-refractivity contribution in [3.8, 4) is 0 Å². The highest BCUT2D eigenvalue weighted by Gasteiger charge is 2.14. The molecule has 2 heteroatoms. The predicted octanol–water partition coefficient (Wildman–Crippen LogP) is 2.88. The van der Waals surface area contributed by atoms with Crippen LogP contribution in [0.25, 0.3) is 0 Å². The molecule has 1 aromatic rings. The quantitative estimate of drug-likeness (QED) is 0.754. The number of hydrogen-bond donors (Lipinski definition) is 1. The Morgan fingerprint density at radius 3 is 2.21 bits per heavy atom. The van der Waals surface area contributed by atoms with Gasteiger partial charge in [-0.15, -0.1) is 12.4 Å². The summed E-state index contributed by atoms with van der Waals surface area (Å²) in [7, 11) is 0. The Bertz CT molecular complexity index is 262. The largest absolute Gasteiger partial charge is 0.317 e. The molecule has 1 fully saturated rings. The third-order valence-electron chi connectivity index (χ3n) is 2.89. The summed E-state index contributed by atoms with van der Waals surface area (Å²) in [6.45, 7) is 4.50. The van der Waals surface area contributed by atoms with Crippen LogP contribution >= 0.6 is 12.4 Å². The van der Waals surface area contributed by atoms with E-state index in [0.29, 0.717) is 0 Å². The molecule has 2 rings (SSSR count). The number of halogens is 1. The third kappa shape index (κ3) is 2.73. The molecule has 0 unspecified atom stereocenters. The molecule has 1 N–H and O–H groups in total.